The van der Waals surface area contributed by atoms with E-state index in [9.17, 15) is 9.90 Å². The quantitative estimate of drug-likeness (QED) is 0.522. The van der Waals surface area contributed by atoms with Gasteiger partial charge in [0.2, 0.25) is 0 Å². The average molecular weight is 340 g/mol. The van der Waals surface area contributed by atoms with Crippen LogP contribution in [0.15, 0.2) is 18.3 Å². The maximum atomic E-state index is 11.5. The van der Waals surface area contributed by atoms with Crippen molar-refractivity contribution in [3.63, 3.8) is 0 Å². The van der Waals surface area contributed by atoms with Crippen LogP contribution in [0.2, 0.25) is 0 Å². The molecule has 7 heteroatoms. The van der Waals surface area contributed by atoms with Gasteiger partial charge < -0.3 is 15.4 Å². The first-order valence-electron chi connectivity index (χ1n) is 7.84. The largest absolute Gasteiger partial charge is 0.477 e. The Morgan fingerprint density at radius 2 is 2.12 bits per heavy atom. The highest BCUT2D eigenvalue weighted by Crippen LogP contribution is 2.37. The Bertz CT molecular complexity index is 1100. The van der Waals surface area contributed by atoms with Crippen molar-refractivity contribution < 1.29 is 9.90 Å². The van der Waals surface area contributed by atoms with Crippen LogP contribution in [0.1, 0.15) is 29.9 Å². The number of hydrogen-bond acceptors (Lipinski definition) is 5. The highest BCUT2D eigenvalue weighted by Gasteiger charge is 2.20. The first-order chi connectivity index (χ1) is 11.6. The van der Waals surface area contributed by atoms with Crippen molar-refractivity contribution in [3.8, 4) is 0 Å². The molecule has 3 heterocycles. The highest BCUT2D eigenvalue weighted by atomic mass is 32.1. The zero-order chi connectivity index (χ0) is 16.8. The monoisotopic (exact) mass is 340 g/mol. The number of benzene rings is 1. The third-order valence-electron chi connectivity index (χ3n) is 4.14. The van der Waals surface area contributed by atoms with Crippen LogP contribution in [0.3, 0.4) is 0 Å². The van der Waals surface area contributed by atoms with E-state index in [0.717, 1.165) is 49.3 Å². The molecule has 3 N–H and O–H groups in total. The molecule has 0 bridgehead atoms. The molecule has 0 saturated carbocycles. The Labute approximate surface area is 141 Å². The number of anilines is 1. The van der Waals surface area contributed by atoms with Gasteiger partial charge in [0.1, 0.15) is 0 Å². The number of carbonyl (C=O) groups is 1. The molecule has 0 amide bonds. The molecule has 4 aromatic rings. The molecule has 0 unspecified atom stereocenters. The van der Waals surface area contributed by atoms with Crippen LogP contribution in [0.4, 0.5) is 5.13 Å². The van der Waals surface area contributed by atoms with Gasteiger partial charge in [0.05, 0.1) is 21.9 Å². The number of aromatic amines is 1. The summed E-state index contributed by atoms with van der Waals surface area (Å²) in [5.74, 6) is -0.998. The van der Waals surface area contributed by atoms with Crippen molar-refractivity contribution in [2.75, 3.05) is 11.9 Å². The number of aromatic nitrogens is 3. The number of hydrogen-bond donors (Lipinski definition) is 3. The molecule has 0 saturated heterocycles. The first kappa shape index (κ1) is 14.9. The summed E-state index contributed by atoms with van der Waals surface area (Å²) in [6.07, 6.45) is 2.20. The molecule has 0 fully saturated rings. The van der Waals surface area contributed by atoms with E-state index in [1.807, 2.05) is 26.0 Å². The molecule has 0 atom stereocenters. The molecule has 6 nitrogen and oxygen atoms in total. The van der Waals surface area contributed by atoms with E-state index in [1.165, 1.54) is 0 Å². The Morgan fingerprint density at radius 3 is 2.83 bits per heavy atom. The van der Waals surface area contributed by atoms with Gasteiger partial charge in [-0.15, -0.1) is 0 Å². The summed E-state index contributed by atoms with van der Waals surface area (Å²) in [5, 5.41) is 15.5. The van der Waals surface area contributed by atoms with Crippen molar-refractivity contribution in [1.82, 2.24) is 15.0 Å². The molecule has 0 aliphatic heterocycles. The number of carboxylic acids is 1. The van der Waals surface area contributed by atoms with Crippen LogP contribution < -0.4 is 5.32 Å². The predicted octanol–water partition coefficient (Wildman–Crippen LogP) is 4.02. The summed E-state index contributed by atoms with van der Waals surface area (Å²) in [7, 11) is 0. The van der Waals surface area contributed by atoms with E-state index < -0.39 is 5.97 Å². The van der Waals surface area contributed by atoms with Crippen molar-refractivity contribution >= 4 is 54.5 Å². The molecular weight excluding hydrogens is 324 g/mol. The fraction of sp³-hybridized carbons (Fsp3) is 0.235. The zero-order valence-corrected chi connectivity index (χ0v) is 14.1. The molecule has 4 rings (SSSR count). The lowest BCUT2D eigenvalue weighted by molar-refractivity contribution is 0.0689. The maximum Gasteiger partial charge on any atom is 0.354 e. The standard InChI is InChI=1S/C17H16N4O2S/c1-3-8-12-10(7-19-14(8)16(22)23)20-9-5-6-11-15(13(9)12)21-17(24-11)18-4-2/h5-7,20H,3-4H2,1-2H3,(H,18,21)(H,22,23). The van der Waals surface area contributed by atoms with Crippen LogP contribution >= 0.6 is 11.3 Å². The number of carboxylic acid groups (broad SMARTS) is 1. The van der Waals surface area contributed by atoms with Gasteiger partial charge in [-0.2, -0.15) is 0 Å². The topological polar surface area (TPSA) is 90.9 Å². The molecular formula is C17H16N4O2S. The Hall–Kier alpha value is -2.67. The second-order valence-corrected chi connectivity index (χ2v) is 6.57. The van der Waals surface area contributed by atoms with Gasteiger partial charge in [0.15, 0.2) is 10.8 Å². The number of fused-ring (bicyclic) bond motifs is 5. The van der Waals surface area contributed by atoms with Gasteiger partial charge in [0, 0.05) is 22.8 Å². The Kier molecular flexibility index (Phi) is 3.38. The molecule has 0 aliphatic rings. The van der Waals surface area contributed by atoms with E-state index in [2.05, 4.69) is 15.3 Å². The van der Waals surface area contributed by atoms with E-state index in [4.69, 9.17) is 4.98 Å². The summed E-state index contributed by atoms with van der Waals surface area (Å²) in [6.45, 7) is 4.80. The van der Waals surface area contributed by atoms with E-state index in [0.29, 0.717) is 6.42 Å². The summed E-state index contributed by atoms with van der Waals surface area (Å²) < 4.78 is 1.08. The summed E-state index contributed by atoms with van der Waals surface area (Å²) >= 11 is 1.60. The molecule has 24 heavy (non-hydrogen) atoms. The minimum absolute atomic E-state index is 0.116. The third kappa shape index (κ3) is 2.05. The van der Waals surface area contributed by atoms with E-state index in [1.54, 1.807) is 17.5 Å². The van der Waals surface area contributed by atoms with Crippen molar-refractivity contribution in [2.45, 2.75) is 20.3 Å². The zero-order valence-electron chi connectivity index (χ0n) is 13.3. The van der Waals surface area contributed by atoms with Gasteiger partial charge in [-0.25, -0.2) is 14.8 Å². The van der Waals surface area contributed by atoms with Crippen molar-refractivity contribution in [3.05, 3.63) is 29.6 Å². The number of pyridine rings is 1. The second kappa shape index (κ2) is 5.45. The summed E-state index contributed by atoms with van der Waals surface area (Å²) in [4.78, 5) is 23.7. The smallest absolute Gasteiger partial charge is 0.354 e. The van der Waals surface area contributed by atoms with Gasteiger partial charge in [-0.05, 0) is 31.0 Å². The number of aromatic carboxylic acids is 1. The average Bonchev–Trinajstić information content (AvgIpc) is 3.13. The maximum absolute atomic E-state index is 11.5. The van der Waals surface area contributed by atoms with Crippen molar-refractivity contribution in [1.29, 1.82) is 0 Å². The highest BCUT2D eigenvalue weighted by molar-refractivity contribution is 7.22. The van der Waals surface area contributed by atoms with Crippen LogP contribution in [0.5, 0.6) is 0 Å². The minimum atomic E-state index is -0.998. The second-order valence-electron chi connectivity index (χ2n) is 5.54. The molecule has 1 aromatic carbocycles. The van der Waals surface area contributed by atoms with Gasteiger partial charge in [-0.1, -0.05) is 18.3 Å². The number of H-pyrrole nitrogens is 1. The molecule has 0 spiro atoms. The Morgan fingerprint density at radius 1 is 1.29 bits per heavy atom. The summed E-state index contributed by atoms with van der Waals surface area (Å²) in [6, 6.07) is 4.06. The molecule has 122 valence electrons. The normalized spacial score (nSPS) is 11.6. The number of rotatable bonds is 4. The lowest BCUT2D eigenvalue weighted by Crippen LogP contribution is -2.05. The lowest BCUT2D eigenvalue weighted by Gasteiger charge is -2.05. The van der Waals surface area contributed by atoms with Gasteiger partial charge in [0.25, 0.3) is 0 Å². The van der Waals surface area contributed by atoms with E-state index in [-0.39, 0.29) is 5.69 Å². The Balaban J connectivity index is 2.17. The van der Waals surface area contributed by atoms with Crippen LogP contribution in [0.25, 0.3) is 32.0 Å². The SMILES string of the molecule is CCNc1nc2c(ccc3[nH]c4cnc(C(=O)O)c(CC)c4c32)s1. The fourth-order valence-electron chi connectivity index (χ4n) is 3.18. The number of nitrogens with one attached hydrogen (secondary N) is 2. The summed E-state index contributed by atoms with van der Waals surface area (Å²) in [5.41, 5.74) is 3.56. The third-order valence-corrected chi connectivity index (χ3v) is 5.12. The fourth-order valence-corrected chi connectivity index (χ4v) is 4.13. The van der Waals surface area contributed by atoms with Crippen molar-refractivity contribution in [2.24, 2.45) is 0 Å². The lowest BCUT2D eigenvalue weighted by atomic mass is 10.0. The van der Waals surface area contributed by atoms with Crippen LogP contribution in [-0.4, -0.2) is 32.6 Å². The molecule has 0 aliphatic carbocycles. The number of thiazole rings is 1. The number of aryl methyl sites for hydroxylation is 1. The van der Waals surface area contributed by atoms with Crippen LogP contribution in [0, 0.1) is 0 Å². The molecule has 0 radical (unpaired) electrons. The molecule has 3 aromatic heterocycles. The van der Waals surface area contributed by atoms with Gasteiger partial charge >= 0.3 is 5.97 Å². The predicted molar refractivity (Wildman–Crippen MR) is 97.3 cm³/mol. The van der Waals surface area contributed by atoms with Crippen LogP contribution in [-0.2, 0) is 6.42 Å². The first-order valence-corrected chi connectivity index (χ1v) is 8.65. The number of nitrogens with zero attached hydrogens (tertiary/aromatic N) is 2. The van der Waals surface area contributed by atoms with E-state index >= 15 is 0 Å². The minimum Gasteiger partial charge on any atom is -0.477 e. The van der Waals surface area contributed by atoms with Gasteiger partial charge in [-0.3, -0.25) is 0 Å².